The van der Waals surface area contributed by atoms with Crippen LogP contribution in [0.3, 0.4) is 0 Å². The number of hydrogen-bond acceptors (Lipinski definition) is 7. The lowest BCUT2D eigenvalue weighted by atomic mass is 10.3. The Bertz CT molecular complexity index is 959. The number of aromatic nitrogens is 4. The minimum absolute atomic E-state index is 0.0301. The van der Waals surface area contributed by atoms with Gasteiger partial charge in [0.1, 0.15) is 0 Å². The number of nitro groups is 1. The molecule has 27 heavy (non-hydrogen) atoms. The molecule has 9 nitrogen and oxygen atoms in total. The number of nitrogens with one attached hydrogen (secondary N) is 1. The first-order chi connectivity index (χ1) is 13.0. The molecule has 2 aromatic heterocycles. The van der Waals surface area contributed by atoms with Gasteiger partial charge in [-0.15, -0.1) is 10.2 Å². The van der Waals surface area contributed by atoms with Crippen molar-refractivity contribution >= 4 is 29.0 Å². The molecule has 0 spiro atoms. The molecular weight excluding hydrogens is 368 g/mol. The third-order valence-corrected chi connectivity index (χ3v) is 4.89. The van der Waals surface area contributed by atoms with Crippen molar-refractivity contribution in [3.05, 3.63) is 58.9 Å². The molecule has 1 aromatic carbocycles. The van der Waals surface area contributed by atoms with Crippen molar-refractivity contribution < 1.29 is 9.72 Å². The predicted octanol–water partition coefficient (Wildman–Crippen LogP) is 2.90. The fourth-order valence-corrected chi connectivity index (χ4v) is 3.10. The highest BCUT2D eigenvalue weighted by molar-refractivity contribution is 8.00. The van der Waals surface area contributed by atoms with E-state index in [1.54, 1.807) is 23.9 Å². The molecule has 0 aliphatic rings. The van der Waals surface area contributed by atoms with Gasteiger partial charge in [-0.3, -0.25) is 19.9 Å². The molecule has 0 bridgehead atoms. The van der Waals surface area contributed by atoms with Crippen LogP contribution in [0.2, 0.25) is 0 Å². The molecule has 0 saturated carbocycles. The van der Waals surface area contributed by atoms with Gasteiger partial charge in [0, 0.05) is 42.8 Å². The van der Waals surface area contributed by atoms with Crippen molar-refractivity contribution in [3.8, 4) is 11.4 Å². The van der Waals surface area contributed by atoms with Gasteiger partial charge < -0.3 is 9.88 Å². The molecule has 138 valence electrons. The van der Waals surface area contributed by atoms with E-state index in [2.05, 4.69) is 20.5 Å². The summed E-state index contributed by atoms with van der Waals surface area (Å²) in [6, 6.07) is 9.38. The number of nitrogens with zero attached hydrogens (tertiary/aromatic N) is 5. The van der Waals surface area contributed by atoms with Gasteiger partial charge >= 0.3 is 0 Å². The maximum absolute atomic E-state index is 12.4. The Labute approximate surface area is 159 Å². The normalized spacial score (nSPS) is 11.8. The summed E-state index contributed by atoms with van der Waals surface area (Å²) >= 11 is 1.27. The van der Waals surface area contributed by atoms with E-state index in [-0.39, 0.29) is 11.6 Å². The number of hydrogen-bond donors (Lipinski definition) is 1. The Morgan fingerprint density at radius 2 is 2.00 bits per heavy atom. The monoisotopic (exact) mass is 384 g/mol. The Balaban J connectivity index is 1.66. The Hall–Kier alpha value is -3.27. The summed E-state index contributed by atoms with van der Waals surface area (Å²) in [6.45, 7) is 1.75. The predicted molar refractivity (Wildman–Crippen MR) is 101 cm³/mol. The van der Waals surface area contributed by atoms with E-state index < -0.39 is 10.2 Å². The topological polar surface area (TPSA) is 116 Å². The maximum atomic E-state index is 12.4. The van der Waals surface area contributed by atoms with Crippen LogP contribution in [0.15, 0.2) is 53.9 Å². The Morgan fingerprint density at radius 3 is 2.63 bits per heavy atom. The molecule has 3 aromatic rings. The minimum atomic E-state index is -0.488. The van der Waals surface area contributed by atoms with Crippen LogP contribution in [0.5, 0.6) is 0 Å². The molecule has 0 aliphatic heterocycles. The van der Waals surface area contributed by atoms with Crippen LogP contribution in [0.1, 0.15) is 6.92 Å². The summed E-state index contributed by atoms with van der Waals surface area (Å²) in [5, 5.41) is 21.9. The van der Waals surface area contributed by atoms with Gasteiger partial charge in [-0.05, 0) is 31.2 Å². The first kappa shape index (κ1) is 18.5. The van der Waals surface area contributed by atoms with Gasteiger partial charge in [-0.1, -0.05) is 11.8 Å². The van der Waals surface area contributed by atoms with Gasteiger partial charge in [0.05, 0.1) is 10.2 Å². The van der Waals surface area contributed by atoms with Gasteiger partial charge in [-0.2, -0.15) is 0 Å². The van der Waals surface area contributed by atoms with E-state index in [0.29, 0.717) is 16.7 Å². The number of rotatable bonds is 6. The lowest BCUT2D eigenvalue weighted by Crippen LogP contribution is -2.22. The van der Waals surface area contributed by atoms with Crippen molar-refractivity contribution in [2.45, 2.75) is 17.3 Å². The molecule has 0 saturated heterocycles. The fraction of sp³-hybridized carbons (Fsp3) is 0.176. The van der Waals surface area contributed by atoms with E-state index in [0.717, 1.165) is 5.56 Å². The van der Waals surface area contributed by atoms with Crippen molar-refractivity contribution in [3.63, 3.8) is 0 Å². The lowest BCUT2D eigenvalue weighted by molar-refractivity contribution is -0.384. The molecule has 1 atom stereocenters. The van der Waals surface area contributed by atoms with E-state index in [9.17, 15) is 14.9 Å². The number of non-ortho nitro benzene ring substituents is 1. The van der Waals surface area contributed by atoms with Gasteiger partial charge in [-0.25, -0.2) is 0 Å². The Kier molecular flexibility index (Phi) is 5.46. The van der Waals surface area contributed by atoms with Crippen LogP contribution >= 0.6 is 11.8 Å². The summed E-state index contributed by atoms with van der Waals surface area (Å²) in [5.74, 6) is 0.424. The van der Waals surface area contributed by atoms with Crippen LogP contribution in [-0.2, 0) is 11.8 Å². The molecule has 2 heterocycles. The summed E-state index contributed by atoms with van der Waals surface area (Å²) in [4.78, 5) is 26.7. The van der Waals surface area contributed by atoms with Crippen molar-refractivity contribution in [2.75, 3.05) is 5.32 Å². The lowest BCUT2D eigenvalue weighted by Gasteiger charge is -2.11. The molecule has 1 N–H and O–H groups in total. The SMILES string of the molecule is CC(Sc1nnc(-c2cccnc2)n1C)C(=O)Nc1ccc([N+](=O)[O-])cc1. The zero-order valence-electron chi connectivity index (χ0n) is 14.6. The molecule has 3 rings (SSSR count). The molecule has 0 radical (unpaired) electrons. The van der Waals surface area contributed by atoms with Gasteiger partial charge in [0.25, 0.3) is 5.69 Å². The average molecular weight is 384 g/mol. The van der Waals surface area contributed by atoms with Crippen molar-refractivity contribution in [1.29, 1.82) is 0 Å². The molecule has 10 heteroatoms. The number of carbonyl (C=O) groups excluding carboxylic acids is 1. The molecule has 1 amide bonds. The highest BCUT2D eigenvalue weighted by atomic mass is 32.2. The largest absolute Gasteiger partial charge is 0.325 e. The Morgan fingerprint density at radius 1 is 1.26 bits per heavy atom. The highest BCUT2D eigenvalue weighted by Gasteiger charge is 2.20. The van der Waals surface area contributed by atoms with Crippen LogP contribution in [0.4, 0.5) is 11.4 Å². The second-order valence-electron chi connectivity index (χ2n) is 5.66. The average Bonchev–Trinajstić information content (AvgIpc) is 3.03. The van der Waals surface area contributed by atoms with E-state index in [4.69, 9.17) is 0 Å². The van der Waals surface area contributed by atoms with E-state index >= 15 is 0 Å². The third-order valence-electron chi connectivity index (χ3n) is 3.75. The van der Waals surface area contributed by atoms with Crippen LogP contribution in [0, 0.1) is 10.1 Å². The minimum Gasteiger partial charge on any atom is -0.325 e. The van der Waals surface area contributed by atoms with Gasteiger partial charge in [0.15, 0.2) is 11.0 Å². The number of benzene rings is 1. The highest BCUT2D eigenvalue weighted by Crippen LogP contribution is 2.26. The summed E-state index contributed by atoms with van der Waals surface area (Å²) in [6.07, 6.45) is 3.38. The van der Waals surface area contributed by atoms with Crippen LogP contribution in [0.25, 0.3) is 11.4 Å². The second-order valence-corrected chi connectivity index (χ2v) is 6.97. The molecular formula is C17H16N6O3S. The fourth-order valence-electron chi connectivity index (χ4n) is 2.29. The number of amides is 1. The summed E-state index contributed by atoms with van der Waals surface area (Å²) in [5.41, 5.74) is 1.30. The zero-order valence-corrected chi connectivity index (χ0v) is 15.4. The van der Waals surface area contributed by atoms with Gasteiger partial charge in [0.2, 0.25) is 5.91 Å². The standard InChI is InChI=1S/C17H16N6O3S/c1-11(16(24)19-13-5-7-14(8-6-13)23(25)26)27-17-21-20-15(22(17)2)12-4-3-9-18-10-12/h3-11H,1-2H3,(H,19,24). The second kappa shape index (κ2) is 7.96. The third kappa shape index (κ3) is 4.29. The first-order valence-corrected chi connectivity index (χ1v) is 8.85. The number of anilines is 1. The quantitative estimate of drug-likeness (QED) is 0.394. The molecule has 0 aliphatic carbocycles. The zero-order chi connectivity index (χ0) is 19.4. The van der Waals surface area contributed by atoms with Crippen LogP contribution < -0.4 is 5.32 Å². The number of nitro benzene ring substituents is 1. The summed E-state index contributed by atoms with van der Waals surface area (Å²) < 4.78 is 1.80. The molecule has 0 fully saturated rings. The van der Waals surface area contributed by atoms with Crippen molar-refractivity contribution in [1.82, 2.24) is 19.7 Å². The molecule has 1 unspecified atom stereocenters. The van der Waals surface area contributed by atoms with Crippen LogP contribution in [-0.4, -0.2) is 35.8 Å². The van der Waals surface area contributed by atoms with E-state index in [1.165, 1.54) is 36.0 Å². The van der Waals surface area contributed by atoms with E-state index in [1.807, 2.05) is 19.2 Å². The first-order valence-electron chi connectivity index (χ1n) is 7.97. The number of pyridine rings is 1. The number of thioether (sulfide) groups is 1. The van der Waals surface area contributed by atoms with Crippen molar-refractivity contribution in [2.24, 2.45) is 7.05 Å². The number of carbonyl (C=O) groups is 1. The smallest absolute Gasteiger partial charge is 0.269 e. The maximum Gasteiger partial charge on any atom is 0.269 e. The summed E-state index contributed by atoms with van der Waals surface area (Å²) in [7, 11) is 1.83.